The molecule has 13 nitrogen and oxygen atoms in total. The van der Waals surface area contributed by atoms with Crippen LogP contribution < -0.4 is 18.9 Å². The largest absolute Gasteiger partial charge is 0.496 e. The number of hydrogen-bond acceptors (Lipinski definition) is 10. The number of halogens is 5. The van der Waals surface area contributed by atoms with Crippen molar-refractivity contribution in [2.45, 2.75) is 89.5 Å². The molecule has 9 rings (SSSR count). The highest BCUT2D eigenvalue weighted by Crippen LogP contribution is 2.40. The normalized spacial score (nSPS) is 18.6. The molecule has 3 saturated heterocycles. The number of benzene rings is 4. The minimum atomic E-state index is -2.53. The van der Waals surface area contributed by atoms with E-state index in [0.29, 0.717) is 47.2 Å². The van der Waals surface area contributed by atoms with Gasteiger partial charge in [0.1, 0.15) is 36.2 Å². The smallest absolute Gasteiger partial charge is 0.496 e. The van der Waals surface area contributed by atoms with Gasteiger partial charge in [-0.25, -0.2) is 17.6 Å². The van der Waals surface area contributed by atoms with Crippen molar-refractivity contribution in [1.29, 1.82) is 0 Å². The summed E-state index contributed by atoms with van der Waals surface area (Å²) in [4.78, 5) is 34.1. The van der Waals surface area contributed by atoms with E-state index in [1.165, 1.54) is 0 Å². The van der Waals surface area contributed by atoms with Crippen LogP contribution in [0.15, 0.2) is 118 Å². The molecule has 0 spiro atoms. The van der Waals surface area contributed by atoms with Gasteiger partial charge in [-0.1, -0.05) is 30.3 Å². The molecule has 4 aliphatic heterocycles. The van der Waals surface area contributed by atoms with Crippen molar-refractivity contribution in [3.05, 3.63) is 136 Å². The summed E-state index contributed by atoms with van der Waals surface area (Å²) >= 11 is 3.39. The monoisotopic (exact) mass is 1060 g/mol. The Morgan fingerprint density at radius 3 is 1.76 bits per heavy atom. The number of H-pyrrole nitrogens is 1. The highest BCUT2D eigenvalue weighted by Gasteiger charge is 2.52. The summed E-state index contributed by atoms with van der Waals surface area (Å²) in [5.41, 5.74) is 5.09. The zero-order chi connectivity index (χ0) is 51.6. The molecule has 4 aliphatic rings. The number of rotatable bonds is 14. The number of methoxy groups -OCH3 is 2. The molecule has 0 aliphatic carbocycles. The van der Waals surface area contributed by atoms with Crippen molar-refractivity contribution < 1.29 is 55.4 Å². The van der Waals surface area contributed by atoms with Gasteiger partial charge in [0.25, 0.3) is 24.7 Å². The second-order valence-electron chi connectivity index (χ2n) is 18.4. The van der Waals surface area contributed by atoms with Crippen LogP contribution in [0.25, 0.3) is 11.1 Å². The van der Waals surface area contributed by atoms with Gasteiger partial charge >= 0.3 is 7.12 Å². The molecule has 19 heteroatoms. The maximum absolute atomic E-state index is 13.3. The molecule has 5 heterocycles. The van der Waals surface area contributed by atoms with Crippen LogP contribution in [0.5, 0.6) is 23.0 Å². The molecule has 2 atom stereocenters. The number of amides is 2. The molecule has 1 aromatic heterocycles. The number of hydrogen-bond donors (Lipinski definition) is 1. The number of aromatic amines is 1. The number of alkyl halides is 4. The van der Waals surface area contributed by atoms with E-state index in [-0.39, 0.29) is 42.2 Å². The summed E-state index contributed by atoms with van der Waals surface area (Å²) in [6.45, 7) is 8.94. The van der Waals surface area contributed by atoms with E-state index < -0.39 is 26.1 Å². The number of carbonyl (C=O) groups is 2. The number of likely N-dealkylation sites (tertiary alicyclic amines) is 2. The van der Waals surface area contributed by atoms with E-state index in [1.807, 2.05) is 40.3 Å². The van der Waals surface area contributed by atoms with Crippen molar-refractivity contribution in [3.8, 4) is 34.1 Å². The first-order valence-corrected chi connectivity index (χ1v) is 24.5. The van der Waals surface area contributed by atoms with Gasteiger partial charge in [-0.3, -0.25) is 19.7 Å². The topological polar surface area (TPSA) is 137 Å². The minimum absolute atomic E-state index is 0.0813. The van der Waals surface area contributed by atoms with Crippen LogP contribution in [0.3, 0.4) is 0 Å². The first-order valence-electron chi connectivity index (χ1n) is 23.7. The molecule has 0 saturated carbocycles. The highest BCUT2D eigenvalue weighted by atomic mass is 79.9. The Kier molecular flexibility index (Phi) is 17.9. The van der Waals surface area contributed by atoms with Crippen LogP contribution in [-0.2, 0) is 9.31 Å². The summed E-state index contributed by atoms with van der Waals surface area (Å²) < 4.78 is 83.2. The Bertz CT molecular complexity index is 2690. The Balaban J connectivity index is 0.000000169. The van der Waals surface area contributed by atoms with Gasteiger partial charge in [0.05, 0.1) is 54.7 Å². The Labute approximate surface area is 426 Å². The van der Waals surface area contributed by atoms with Crippen molar-refractivity contribution in [1.82, 2.24) is 20.0 Å². The van der Waals surface area contributed by atoms with Crippen molar-refractivity contribution in [2.24, 2.45) is 4.99 Å². The molecule has 382 valence electrons. The number of aromatic nitrogens is 2. The molecule has 3 fully saturated rings. The van der Waals surface area contributed by atoms with Gasteiger partial charge in [-0.2, -0.15) is 5.10 Å². The van der Waals surface area contributed by atoms with Gasteiger partial charge in [-0.05, 0) is 147 Å². The zero-order valence-corrected chi connectivity index (χ0v) is 42.7. The molecular formula is C53H59BBrF4N5O8. The Morgan fingerprint density at radius 1 is 0.764 bits per heavy atom. The van der Waals surface area contributed by atoms with Crippen LogP contribution in [0.2, 0.25) is 0 Å². The van der Waals surface area contributed by atoms with Crippen molar-refractivity contribution >= 4 is 41.1 Å². The molecule has 5 aromatic rings. The molecule has 4 aromatic carbocycles. The van der Waals surface area contributed by atoms with E-state index in [1.54, 1.807) is 93.3 Å². The molecule has 2 unspecified atom stereocenters. The summed E-state index contributed by atoms with van der Waals surface area (Å²) in [6.07, 6.45) is 5.64. The van der Waals surface area contributed by atoms with E-state index in [9.17, 15) is 27.2 Å². The zero-order valence-electron chi connectivity index (χ0n) is 41.1. The Morgan fingerprint density at radius 2 is 1.29 bits per heavy atom. The standard InChI is InChI=1S/C23H23F2N3O3.C20H20BrF2NO3.C10H16BNO2/c1-30-21-11-16(7-8-19(21)17-12-26-27-13-17)23(29)28-9-3-6-20(28)15-4-2-5-18(10-15)31-14-22(24)25;1-26-18-11-14(7-8-16(18)21)20(25)24-9-3-6-17(24)13-4-2-5-15(10-13)27-12-19(22)23;1-9(2)10(3,4)14-11(13-9)8-5-6-12-7-8/h2,4-5,7-8,10-13,20,22H,3,6,9,14H2,1H3,(H,26,27);2,4-5,7-8,10-11,17,19H,3,6,9,12H2,1H3;5,7H,6H2,1-4H3. The summed E-state index contributed by atoms with van der Waals surface area (Å²) in [7, 11) is 2.88. The molecule has 0 radical (unpaired) electrons. The van der Waals surface area contributed by atoms with E-state index in [0.717, 1.165) is 64.4 Å². The van der Waals surface area contributed by atoms with Gasteiger partial charge < -0.3 is 38.1 Å². The SMILES string of the molecule is CC1(C)OB(C2=CCN=C2)OC1(C)C.COc1cc(C(=O)N2CCCC2c2cccc(OCC(F)F)c2)ccc1-c1cn[nH]c1.COc1cc(C(=O)N2CCCC2c2cccc(OCC(F)F)c2)ccc1Br. The van der Waals surface area contributed by atoms with Crippen LogP contribution in [-0.4, -0.2) is 116 Å². The summed E-state index contributed by atoms with van der Waals surface area (Å²) in [6, 6.07) is 24.5. The average Bonchev–Trinajstić information content (AvgIpc) is 4.25. The van der Waals surface area contributed by atoms with E-state index in [2.05, 4.69) is 58.8 Å². The fourth-order valence-corrected chi connectivity index (χ4v) is 9.15. The second kappa shape index (κ2) is 24.0. The van der Waals surface area contributed by atoms with Crippen LogP contribution in [0.1, 0.15) is 97.3 Å². The molecule has 72 heavy (non-hydrogen) atoms. The van der Waals surface area contributed by atoms with Gasteiger partial charge in [0, 0.05) is 47.8 Å². The van der Waals surface area contributed by atoms with Crippen LogP contribution >= 0.6 is 15.9 Å². The third kappa shape index (κ3) is 13.1. The lowest BCUT2D eigenvalue weighted by atomic mass is 9.79. The van der Waals surface area contributed by atoms with E-state index in [4.69, 9.17) is 28.3 Å². The minimum Gasteiger partial charge on any atom is -0.496 e. The third-order valence-corrected chi connectivity index (χ3v) is 13.8. The summed E-state index contributed by atoms with van der Waals surface area (Å²) in [5.74, 6) is 1.77. The quantitative estimate of drug-likeness (QED) is 0.0851. The third-order valence-electron chi connectivity index (χ3n) is 13.1. The maximum Gasteiger partial charge on any atom is 0.496 e. The number of ether oxygens (including phenoxy) is 4. The lowest BCUT2D eigenvalue weighted by molar-refractivity contribution is 0.00578. The fourth-order valence-electron chi connectivity index (χ4n) is 8.74. The fraction of sp³-hybridized carbons (Fsp3) is 0.396. The summed E-state index contributed by atoms with van der Waals surface area (Å²) in [5, 5.41) is 6.73. The number of nitrogens with one attached hydrogen (secondary N) is 1. The number of nitrogens with zero attached hydrogens (tertiary/aromatic N) is 4. The van der Waals surface area contributed by atoms with Gasteiger partial charge in [0.15, 0.2) is 0 Å². The van der Waals surface area contributed by atoms with Crippen LogP contribution in [0.4, 0.5) is 17.6 Å². The number of allylic oxidation sites excluding steroid dienone is 1. The molecular weight excluding hydrogens is 1000 g/mol. The van der Waals surface area contributed by atoms with Gasteiger partial charge in [-0.15, -0.1) is 0 Å². The predicted octanol–water partition coefficient (Wildman–Crippen LogP) is 11.4. The number of aliphatic imine (C=N–C) groups is 1. The Hall–Kier alpha value is -6.18. The second-order valence-corrected chi connectivity index (χ2v) is 19.3. The molecule has 0 bridgehead atoms. The maximum atomic E-state index is 13.3. The predicted molar refractivity (Wildman–Crippen MR) is 271 cm³/mol. The highest BCUT2D eigenvalue weighted by molar-refractivity contribution is 9.10. The molecule has 2 amide bonds. The van der Waals surface area contributed by atoms with Crippen molar-refractivity contribution in [3.63, 3.8) is 0 Å². The van der Waals surface area contributed by atoms with E-state index >= 15 is 0 Å². The lowest BCUT2D eigenvalue weighted by Gasteiger charge is -2.32. The van der Waals surface area contributed by atoms with Crippen LogP contribution in [0, 0.1) is 0 Å². The lowest BCUT2D eigenvalue weighted by Crippen LogP contribution is -2.41. The van der Waals surface area contributed by atoms with Gasteiger partial charge in [0.2, 0.25) is 0 Å². The molecule has 1 N–H and O–H groups in total. The van der Waals surface area contributed by atoms with Crippen molar-refractivity contribution in [2.75, 3.05) is 47.1 Å². The average molecular weight is 1060 g/mol. The first-order chi connectivity index (χ1) is 34.5. The first kappa shape index (κ1) is 53.6. The number of carbonyl (C=O) groups excluding carboxylic acids is 2.